The molecular weight excluding hydrogens is 272 g/mol. The van der Waals surface area contributed by atoms with Crippen molar-refractivity contribution in [1.29, 1.82) is 5.41 Å². The van der Waals surface area contributed by atoms with E-state index in [9.17, 15) is 14.7 Å². The molecule has 0 aromatic heterocycles. The third-order valence-electron chi connectivity index (χ3n) is 2.79. The van der Waals surface area contributed by atoms with Crippen molar-refractivity contribution in [2.24, 2.45) is 0 Å². The molecule has 1 aromatic carbocycles. The van der Waals surface area contributed by atoms with Gasteiger partial charge in [0, 0.05) is 16.3 Å². The lowest BCUT2D eigenvalue weighted by atomic mass is 9.90. The number of anilines is 1. The average molecular weight is 283 g/mol. The van der Waals surface area contributed by atoms with Crippen molar-refractivity contribution in [3.63, 3.8) is 0 Å². The van der Waals surface area contributed by atoms with Crippen LogP contribution in [-0.4, -0.2) is 29.3 Å². The molecule has 1 atom stereocenters. The van der Waals surface area contributed by atoms with Crippen LogP contribution in [0, 0.1) is 5.41 Å². The summed E-state index contributed by atoms with van der Waals surface area (Å²) in [5.74, 6) is -1.91. The number of nitrogens with one attached hydrogen (secondary N) is 2. The van der Waals surface area contributed by atoms with Gasteiger partial charge in [0.05, 0.1) is 6.61 Å². The normalized spacial score (nSPS) is 20.7. The van der Waals surface area contributed by atoms with Crippen molar-refractivity contribution in [2.45, 2.75) is 12.5 Å². The molecule has 1 heterocycles. The van der Waals surface area contributed by atoms with Gasteiger partial charge in [-0.1, -0.05) is 17.7 Å². The summed E-state index contributed by atoms with van der Waals surface area (Å²) in [4.78, 5) is 23.4. The molecule has 0 saturated carbocycles. The zero-order valence-electron chi connectivity index (χ0n) is 9.99. The number of esters is 1. The summed E-state index contributed by atoms with van der Waals surface area (Å²) < 4.78 is 4.64. The van der Waals surface area contributed by atoms with E-state index < -0.39 is 23.2 Å². The molecule has 3 N–H and O–H groups in total. The zero-order valence-corrected chi connectivity index (χ0v) is 10.7. The number of aliphatic hydroxyl groups is 1. The number of benzene rings is 1. The first-order valence-corrected chi connectivity index (χ1v) is 5.89. The first kappa shape index (κ1) is 13.5. The summed E-state index contributed by atoms with van der Waals surface area (Å²) in [6, 6.07) is 4.29. The van der Waals surface area contributed by atoms with E-state index in [-0.39, 0.29) is 17.9 Å². The second kappa shape index (κ2) is 4.64. The Hall–Kier alpha value is -1.92. The van der Waals surface area contributed by atoms with E-state index in [2.05, 4.69) is 10.1 Å². The van der Waals surface area contributed by atoms with Crippen molar-refractivity contribution >= 4 is 34.9 Å². The SMILES string of the molecule is CCOC(=O)C(=N)C1(O)C(=O)Nc2cc(Cl)ccc21. The highest BCUT2D eigenvalue weighted by molar-refractivity contribution is 6.45. The van der Waals surface area contributed by atoms with Crippen LogP contribution in [0.15, 0.2) is 18.2 Å². The van der Waals surface area contributed by atoms with E-state index >= 15 is 0 Å². The molecule has 1 aliphatic heterocycles. The monoisotopic (exact) mass is 282 g/mol. The molecule has 7 heteroatoms. The van der Waals surface area contributed by atoms with Crippen molar-refractivity contribution < 1.29 is 19.4 Å². The second-order valence-electron chi connectivity index (χ2n) is 3.95. The maximum absolute atomic E-state index is 11.9. The topological polar surface area (TPSA) is 99.5 Å². The Morgan fingerprint density at radius 2 is 2.26 bits per heavy atom. The van der Waals surface area contributed by atoms with E-state index in [1.807, 2.05) is 0 Å². The Morgan fingerprint density at radius 3 is 2.89 bits per heavy atom. The number of fused-ring (bicyclic) bond motifs is 1. The van der Waals surface area contributed by atoms with Gasteiger partial charge in [0.2, 0.25) is 5.60 Å². The van der Waals surface area contributed by atoms with Crippen molar-refractivity contribution in [3.8, 4) is 0 Å². The summed E-state index contributed by atoms with van der Waals surface area (Å²) in [6.07, 6.45) is 0. The maximum Gasteiger partial charge on any atom is 0.355 e. The van der Waals surface area contributed by atoms with E-state index in [0.29, 0.717) is 5.02 Å². The summed E-state index contributed by atoms with van der Waals surface area (Å²) in [6.45, 7) is 1.62. The van der Waals surface area contributed by atoms with Crippen molar-refractivity contribution in [3.05, 3.63) is 28.8 Å². The zero-order chi connectivity index (χ0) is 14.2. The summed E-state index contributed by atoms with van der Waals surface area (Å²) in [7, 11) is 0. The third kappa shape index (κ3) is 1.98. The predicted molar refractivity (Wildman–Crippen MR) is 68.3 cm³/mol. The van der Waals surface area contributed by atoms with Gasteiger partial charge < -0.3 is 15.2 Å². The number of hydrogen-bond acceptors (Lipinski definition) is 5. The molecule has 0 aliphatic carbocycles. The van der Waals surface area contributed by atoms with E-state index in [1.165, 1.54) is 18.2 Å². The van der Waals surface area contributed by atoms with E-state index in [1.54, 1.807) is 6.92 Å². The number of carbonyl (C=O) groups excluding carboxylic acids is 2. The van der Waals surface area contributed by atoms with Crippen LogP contribution in [0.3, 0.4) is 0 Å². The van der Waals surface area contributed by atoms with Gasteiger partial charge in [-0.2, -0.15) is 0 Å². The van der Waals surface area contributed by atoms with Gasteiger partial charge in [0.1, 0.15) is 0 Å². The Balaban J connectivity index is 2.47. The summed E-state index contributed by atoms with van der Waals surface area (Å²) >= 11 is 5.78. The van der Waals surface area contributed by atoms with E-state index in [0.717, 1.165) is 0 Å². The molecule has 0 radical (unpaired) electrons. The highest BCUT2D eigenvalue weighted by Gasteiger charge is 2.52. The van der Waals surface area contributed by atoms with Crippen LogP contribution in [0.2, 0.25) is 5.02 Å². The number of rotatable bonds is 3. The van der Waals surface area contributed by atoms with Gasteiger partial charge in [-0.25, -0.2) is 4.79 Å². The number of carbonyl (C=O) groups is 2. The highest BCUT2D eigenvalue weighted by Crippen LogP contribution is 2.38. The number of amides is 1. The first-order valence-electron chi connectivity index (χ1n) is 5.51. The van der Waals surface area contributed by atoms with Crippen LogP contribution in [0.5, 0.6) is 0 Å². The molecule has 2 rings (SSSR count). The summed E-state index contributed by atoms with van der Waals surface area (Å²) in [5, 5.41) is 20.8. The molecule has 0 fully saturated rings. The molecule has 6 nitrogen and oxygen atoms in total. The lowest BCUT2D eigenvalue weighted by Gasteiger charge is -2.20. The van der Waals surface area contributed by atoms with Crippen LogP contribution >= 0.6 is 11.6 Å². The fraction of sp³-hybridized carbons (Fsp3) is 0.250. The van der Waals surface area contributed by atoms with Crippen LogP contribution in [0.25, 0.3) is 0 Å². The van der Waals surface area contributed by atoms with Gasteiger partial charge in [-0.05, 0) is 19.1 Å². The molecule has 1 aromatic rings. The Bertz CT molecular complexity index is 587. The minimum Gasteiger partial charge on any atom is -0.461 e. The lowest BCUT2D eigenvalue weighted by Crippen LogP contribution is -2.46. The van der Waals surface area contributed by atoms with Gasteiger partial charge in [-0.15, -0.1) is 0 Å². The van der Waals surface area contributed by atoms with Gasteiger partial charge in [-0.3, -0.25) is 10.2 Å². The Kier molecular flexibility index (Phi) is 3.30. The van der Waals surface area contributed by atoms with Gasteiger partial charge in [0.25, 0.3) is 5.91 Å². The number of hydrogen-bond donors (Lipinski definition) is 3. The second-order valence-corrected chi connectivity index (χ2v) is 4.39. The molecule has 100 valence electrons. The molecule has 0 spiro atoms. The Morgan fingerprint density at radius 1 is 1.58 bits per heavy atom. The fourth-order valence-electron chi connectivity index (χ4n) is 1.87. The Labute approximate surface area is 113 Å². The number of halogens is 1. The third-order valence-corrected chi connectivity index (χ3v) is 3.02. The minimum atomic E-state index is -2.34. The van der Waals surface area contributed by atoms with Crippen LogP contribution in [-0.2, 0) is 19.9 Å². The average Bonchev–Trinajstić information content (AvgIpc) is 2.61. The minimum absolute atomic E-state index is 0.0480. The smallest absolute Gasteiger partial charge is 0.355 e. The van der Waals surface area contributed by atoms with Gasteiger partial charge in [0.15, 0.2) is 5.71 Å². The van der Waals surface area contributed by atoms with Crippen LogP contribution in [0.4, 0.5) is 5.69 Å². The molecule has 1 unspecified atom stereocenters. The quantitative estimate of drug-likeness (QED) is 0.570. The standard InChI is InChI=1S/C12H11ClN2O4/c1-2-19-10(16)9(14)12(18)7-4-3-6(13)5-8(7)15-11(12)17/h3-5,14,18H,2H2,1H3,(H,15,17). The molecule has 1 aliphatic rings. The van der Waals surface area contributed by atoms with Crippen LogP contribution in [0.1, 0.15) is 12.5 Å². The largest absolute Gasteiger partial charge is 0.461 e. The van der Waals surface area contributed by atoms with Crippen molar-refractivity contribution in [2.75, 3.05) is 11.9 Å². The molecule has 19 heavy (non-hydrogen) atoms. The van der Waals surface area contributed by atoms with Crippen molar-refractivity contribution in [1.82, 2.24) is 0 Å². The lowest BCUT2D eigenvalue weighted by molar-refractivity contribution is -0.139. The predicted octanol–water partition coefficient (Wildman–Crippen LogP) is 1.06. The van der Waals surface area contributed by atoms with Crippen LogP contribution < -0.4 is 5.32 Å². The molecule has 0 saturated heterocycles. The molecular formula is C12H11ClN2O4. The first-order chi connectivity index (χ1) is 8.91. The number of ether oxygens (including phenoxy) is 1. The molecule has 0 bridgehead atoms. The fourth-order valence-corrected chi connectivity index (χ4v) is 2.04. The summed E-state index contributed by atoms with van der Waals surface area (Å²) in [5.41, 5.74) is -2.78. The molecule has 1 amide bonds. The van der Waals surface area contributed by atoms with Gasteiger partial charge >= 0.3 is 5.97 Å². The maximum atomic E-state index is 11.9. The highest BCUT2D eigenvalue weighted by atomic mass is 35.5. The van der Waals surface area contributed by atoms with E-state index in [4.69, 9.17) is 17.0 Å².